The van der Waals surface area contributed by atoms with Gasteiger partial charge in [0.15, 0.2) is 0 Å². The molecule has 2 aliphatic rings. The molecule has 2 atom stereocenters. The van der Waals surface area contributed by atoms with Crippen LogP contribution < -0.4 is 5.43 Å². The third kappa shape index (κ3) is 3.13. The van der Waals surface area contributed by atoms with Gasteiger partial charge in [-0.3, -0.25) is 10.3 Å². The van der Waals surface area contributed by atoms with Crippen molar-refractivity contribution in [2.45, 2.75) is 37.8 Å². The Kier molecular flexibility index (Phi) is 4.09. The van der Waals surface area contributed by atoms with Gasteiger partial charge in [-0.15, -0.1) is 11.3 Å². The number of nitrogens with one attached hydrogen (secondary N) is 1. The van der Waals surface area contributed by atoms with Crippen molar-refractivity contribution in [3.63, 3.8) is 0 Å². The number of aromatic nitrogens is 1. The summed E-state index contributed by atoms with van der Waals surface area (Å²) in [6.07, 6.45) is 4.77. The van der Waals surface area contributed by atoms with E-state index in [0.717, 1.165) is 34.3 Å². The van der Waals surface area contributed by atoms with Crippen LogP contribution in [0.3, 0.4) is 0 Å². The van der Waals surface area contributed by atoms with Gasteiger partial charge >= 0.3 is 0 Å². The fourth-order valence-corrected chi connectivity index (χ4v) is 4.29. The first-order chi connectivity index (χ1) is 11.2. The third-order valence-corrected chi connectivity index (χ3v) is 5.88. The molecule has 0 amide bonds. The summed E-state index contributed by atoms with van der Waals surface area (Å²) in [5.41, 5.74) is 6.46. The Hall–Kier alpha value is -1.43. The van der Waals surface area contributed by atoms with Crippen molar-refractivity contribution in [2.24, 2.45) is 5.10 Å². The Morgan fingerprint density at radius 2 is 1.91 bits per heavy atom. The topological polar surface area (TPSA) is 40.5 Å². The Labute approximate surface area is 145 Å². The lowest BCUT2D eigenvalue weighted by Gasteiger charge is -2.31. The van der Waals surface area contributed by atoms with Crippen molar-refractivity contribution in [1.29, 1.82) is 0 Å². The van der Waals surface area contributed by atoms with Gasteiger partial charge in [-0.05, 0) is 32.0 Å². The van der Waals surface area contributed by atoms with Crippen LogP contribution in [0.1, 0.15) is 25.7 Å². The van der Waals surface area contributed by atoms with Gasteiger partial charge in [0, 0.05) is 46.6 Å². The monoisotopic (exact) mass is 346 g/mol. The Morgan fingerprint density at radius 3 is 2.61 bits per heavy atom. The molecule has 6 heteroatoms. The average Bonchev–Trinajstić information content (AvgIpc) is 3.08. The molecule has 1 aromatic heterocycles. The molecule has 0 saturated carbocycles. The molecule has 2 fully saturated rings. The lowest BCUT2D eigenvalue weighted by Crippen LogP contribution is -2.40. The minimum Gasteiger partial charge on any atom is -0.300 e. The van der Waals surface area contributed by atoms with Crippen LogP contribution in [0.4, 0.5) is 5.13 Å². The van der Waals surface area contributed by atoms with Crippen LogP contribution in [-0.4, -0.2) is 34.7 Å². The summed E-state index contributed by atoms with van der Waals surface area (Å²) in [5.74, 6) is 0. The summed E-state index contributed by atoms with van der Waals surface area (Å²) in [6, 6.07) is 9.10. The quantitative estimate of drug-likeness (QED) is 0.832. The van der Waals surface area contributed by atoms with E-state index in [0.29, 0.717) is 12.1 Å². The Morgan fingerprint density at radius 1 is 1.22 bits per heavy atom. The smallest absolute Gasteiger partial charge is 0.203 e. The van der Waals surface area contributed by atoms with Crippen molar-refractivity contribution in [3.05, 3.63) is 34.7 Å². The average molecular weight is 347 g/mol. The van der Waals surface area contributed by atoms with Crippen LogP contribution in [0.5, 0.6) is 0 Å². The van der Waals surface area contributed by atoms with Crippen molar-refractivity contribution in [3.8, 4) is 11.3 Å². The molecular formula is C17H19ClN4S. The van der Waals surface area contributed by atoms with Gasteiger partial charge in [0.05, 0.1) is 5.69 Å². The number of rotatable bonds is 3. The zero-order valence-electron chi connectivity index (χ0n) is 13.0. The largest absolute Gasteiger partial charge is 0.300 e. The van der Waals surface area contributed by atoms with Crippen LogP contribution in [-0.2, 0) is 0 Å². The van der Waals surface area contributed by atoms with E-state index in [9.17, 15) is 0 Å². The van der Waals surface area contributed by atoms with Gasteiger partial charge in [0.25, 0.3) is 0 Å². The summed E-state index contributed by atoms with van der Waals surface area (Å²) < 4.78 is 0. The molecule has 2 aromatic rings. The first-order valence-electron chi connectivity index (χ1n) is 7.94. The number of piperidine rings is 1. The van der Waals surface area contributed by atoms with Gasteiger partial charge in [-0.1, -0.05) is 23.7 Å². The number of thiazole rings is 1. The lowest BCUT2D eigenvalue weighted by atomic mass is 10.0. The first-order valence-corrected chi connectivity index (χ1v) is 9.19. The van der Waals surface area contributed by atoms with E-state index < -0.39 is 0 Å². The lowest BCUT2D eigenvalue weighted by molar-refractivity contribution is 0.231. The van der Waals surface area contributed by atoms with Crippen molar-refractivity contribution < 1.29 is 0 Å². The molecule has 2 aliphatic heterocycles. The van der Waals surface area contributed by atoms with Gasteiger partial charge in [0.1, 0.15) is 0 Å². The summed E-state index contributed by atoms with van der Waals surface area (Å²) >= 11 is 7.51. The zero-order chi connectivity index (χ0) is 15.8. The maximum atomic E-state index is 5.93. The molecule has 120 valence electrons. The SMILES string of the molecule is CN1[C@@H]2CC[C@H]1CC(=NNc1nc(-c3ccc(Cl)cc3)cs1)C2. The van der Waals surface area contributed by atoms with Gasteiger partial charge in [0.2, 0.25) is 5.13 Å². The van der Waals surface area contributed by atoms with Crippen LogP contribution in [0.15, 0.2) is 34.7 Å². The molecule has 4 nitrogen and oxygen atoms in total. The minimum absolute atomic E-state index is 0.676. The van der Waals surface area contributed by atoms with Crippen molar-refractivity contribution >= 4 is 33.8 Å². The molecule has 23 heavy (non-hydrogen) atoms. The van der Waals surface area contributed by atoms with E-state index >= 15 is 0 Å². The predicted octanol–water partition coefficient (Wildman–Crippen LogP) is 4.49. The molecule has 2 bridgehead atoms. The maximum absolute atomic E-state index is 5.93. The van der Waals surface area contributed by atoms with E-state index in [-0.39, 0.29) is 0 Å². The van der Waals surface area contributed by atoms with Gasteiger partial charge in [-0.2, -0.15) is 5.10 Å². The van der Waals surface area contributed by atoms with Gasteiger partial charge < -0.3 is 0 Å². The summed E-state index contributed by atoms with van der Waals surface area (Å²) in [6.45, 7) is 0. The maximum Gasteiger partial charge on any atom is 0.203 e. The number of hydrogen-bond donors (Lipinski definition) is 1. The summed E-state index contributed by atoms with van der Waals surface area (Å²) in [5, 5.41) is 8.25. The number of hydrazone groups is 1. The number of nitrogens with zero attached hydrogens (tertiary/aromatic N) is 3. The van der Waals surface area contributed by atoms with E-state index in [1.165, 1.54) is 18.6 Å². The van der Waals surface area contributed by atoms with E-state index in [4.69, 9.17) is 11.6 Å². The molecule has 0 aliphatic carbocycles. The fraction of sp³-hybridized carbons (Fsp3) is 0.412. The van der Waals surface area contributed by atoms with Crippen LogP contribution in [0.25, 0.3) is 11.3 Å². The van der Waals surface area contributed by atoms with Crippen LogP contribution in [0.2, 0.25) is 5.02 Å². The van der Waals surface area contributed by atoms with E-state index in [2.05, 4.69) is 27.5 Å². The normalized spacial score (nSPS) is 25.9. The molecule has 4 rings (SSSR count). The first kappa shape index (κ1) is 15.1. The number of hydrogen-bond acceptors (Lipinski definition) is 5. The van der Waals surface area contributed by atoms with Crippen molar-refractivity contribution in [2.75, 3.05) is 12.5 Å². The number of anilines is 1. The second-order valence-corrected chi connectivity index (χ2v) is 7.59. The molecule has 2 saturated heterocycles. The predicted molar refractivity (Wildman–Crippen MR) is 97.4 cm³/mol. The summed E-state index contributed by atoms with van der Waals surface area (Å²) in [7, 11) is 2.24. The van der Waals surface area contributed by atoms with Crippen molar-refractivity contribution in [1.82, 2.24) is 9.88 Å². The van der Waals surface area contributed by atoms with E-state index in [1.807, 2.05) is 29.6 Å². The third-order valence-electron chi connectivity index (χ3n) is 4.88. The second kappa shape index (κ2) is 6.23. The molecule has 3 heterocycles. The molecule has 0 unspecified atom stereocenters. The number of fused-ring (bicyclic) bond motifs is 2. The molecule has 0 spiro atoms. The van der Waals surface area contributed by atoms with Crippen LogP contribution in [0, 0.1) is 0 Å². The number of halogens is 1. The van der Waals surface area contributed by atoms with Crippen LogP contribution >= 0.6 is 22.9 Å². The number of benzene rings is 1. The highest BCUT2D eigenvalue weighted by Gasteiger charge is 2.36. The zero-order valence-corrected chi connectivity index (χ0v) is 14.6. The second-order valence-electron chi connectivity index (χ2n) is 6.29. The highest BCUT2D eigenvalue weighted by Crippen LogP contribution is 2.33. The highest BCUT2D eigenvalue weighted by atomic mass is 35.5. The minimum atomic E-state index is 0.676. The molecule has 1 N–H and O–H groups in total. The summed E-state index contributed by atoms with van der Waals surface area (Å²) in [4.78, 5) is 7.12. The standard InChI is InChI=1S/C17H19ClN4S/c1-22-14-6-7-15(22)9-13(8-14)20-21-17-19-16(10-23-17)11-2-4-12(18)5-3-11/h2-5,10,14-15H,6-9H2,1H3,(H,19,21)/t14-,15+. The Balaban J connectivity index is 1.44. The Bertz CT molecular complexity index is 708. The van der Waals surface area contributed by atoms with E-state index in [1.54, 1.807) is 11.3 Å². The van der Waals surface area contributed by atoms with Gasteiger partial charge in [-0.25, -0.2) is 4.98 Å². The molecule has 1 aromatic carbocycles. The molecule has 0 radical (unpaired) electrons. The fourth-order valence-electron chi connectivity index (χ4n) is 3.51. The molecular weight excluding hydrogens is 328 g/mol. The highest BCUT2D eigenvalue weighted by molar-refractivity contribution is 7.14.